The van der Waals surface area contributed by atoms with E-state index >= 15 is 0 Å². The second-order valence-corrected chi connectivity index (χ2v) is 7.40. The van der Waals surface area contributed by atoms with E-state index in [-0.39, 0.29) is 18.1 Å². The van der Waals surface area contributed by atoms with Crippen molar-refractivity contribution in [3.63, 3.8) is 0 Å². The first-order valence-electron chi connectivity index (χ1n) is 8.92. The molecule has 0 aromatic heterocycles. The van der Waals surface area contributed by atoms with Gasteiger partial charge in [0.1, 0.15) is 0 Å². The van der Waals surface area contributed by atoms with Crippen LogP contribution in [-0.2, 0) is 13.0 Å². The average molecular weight is 333 g/mol. The molecule has 1 aromatic rings. The Balaban J connectivity index is 1.57. The van der Waals surface area contributed by atoms with E-state index in [2.05, 4.69) is 39.8 Å². The lowest BCUT2D eigenvalue weighted by Crippen LogP contribution is -2.42. The van der Waals surface area contributed by atoms with Crippen LogP contribution in [0.25, 0.3) is 0 Å². The lowest BCUT2D eigenvalue weighted by atomic mass is 9.89. The van der Waals surface area contributed by atoms with Gasteiger partial charge in [0.15, 0.2) is 0 Å². The Labute approximate surface area is 145 Å². The van der Waals surface area contributed by atoms with Gasteiger partial charge in [0.25, 0.3) is 0 Å². The number of amides is 2. The summed E-state index contributed by atoms with van der Waals surface area (Å²) in [7, 11) is 0. The van der Waals surface area contributed by atoms with E-state index in [0.717, 1.165) is 38.9 Å². The summed E-state index contributed by atoms with van der Waals surface area (Å²) in [6.07, 6.45) is 2.86. The highest BCUT2D eigenvalue weighted by atomic mass is 16.3. The van der Waals surface area contributed by atoms with E-state index in [9.17, 15) is 9.90 Å². The zero-order chi connectivity index (χ0) is 17.4. The number of hydrogen-bond donors (Lipinski definition) is 3. The van der Waals surface area contributed by atoms with Crippen LogP contribution in [-0.4, -0.2) is 48.8 Å². The Bertz CT molecular complexity index is 531. The first kappa shape index (κ1) is 18.7. The lowest BCUT2D eigenvalue weighted by molar-refractivity contribution is 0.148. The Morgan fingerprint density at radius 2 is 1.92 bits per heavy atom. The number of benzene rings is 1. The molecule has 0 saturated carbocycles. The van der Waals surface area contributed by atoms with Gasteiger partial charge in [-0.1, -0.05) is 38.1 Å². The molecule has 1 heterocycles. The van der Waals surface area contributed by atoms with Gasteiger partial charge in [0.2, 0.25) is 0 Å². The molecule has 2 rings (SSSR count). The van der Waals surface area contributed by atoms with Crippen molar-refractivity contribution in [1.29, 1.82) is 0 Å². The van der Waals surface area contributed by atoms with E-state index in [1.807, 2.05) is 13.8 Å². The van der Waals surface area contributed by atoms with Crippen molar-refractivity contribution >= 4 is 6.03 Å². The van der Waals surface area contributed by atoms with Crippen LogP contribution in [0.1, 0.15) is 37.8 Å². The second kappa shape index (κ2) is 9.04. The molecule has 24 heavy (non-hydrogen) atoms. The predicted molar refractivity (Wildman–Crippen MR) is 96.9 cm³/mol. The van der Waals surface area contributed by atoms with Gasteiger partial charge in [-0.25, -0.2) is 4.79 Å². The van der Waals surface area contributed by atoms with Crippen molar-refractivity contribution in [3.05, 3.63) is 35.4 Å². The van der Waals surface area contributed by atoms with Gasteiger partial charge in [0.05, 0.1) is 0 Å². The molecule has 5 nitrogen and oxygen atoms in total. The van der Waals surface area contributed by atoms with Crippen molar-refractivity contribution in [1.82, 2.24) is 15.5 Å². The molecule has 0 saturated heterocycles. The number of aliphatic hydroxyl groups excluding tert-OH is 1. The first-order valence-corrected chi connectivity index (χ1v) is 8.92. The fourth-order valence-corrected chi connectivity index (χ4v) is 2.98. The van der Waals surface area contributed by atoms with Crippen molar-refractivity contribution in [3.8, 4) is 0 Å². The van der Waals surface area contributed by atoms with Crippen LogP contribution in [0.2, 0.25) is 0 Å². The van der Waals surface area contributed by atoms with E-state index in [0.29, 0.717) is 13.1 Å². The van der Waals surface area contributed by atoms with E-state index in [4.69, 9.17) is 0 Å². The minimum atomic E-state index is -0.103. The zero-order valence-electron chi connectivity index (χ0n) is 15.0. The topological polar surface area (TPSA) is 64.6 Å². The SMILES string of the molecule is CC(C)(CO)CCCNC(=O)NCCN1CCc2ccccc2C1. The van der Waals surface area contributed by atoms with Crippen molar-refractivity contribution < 1.29 is 9.90 Å². The molecule has 2 amide bonds. The Morgan fingerprint density at radius 1 is 1.21 bits per heavy atom. The van der Waals surface area contributed by atoms with Crippen LogP contribution in [0.5, 0.6) is 0 Å². The van der Waals surface area contributed by atoms with Gasteiger partial charge in [-0.05, 0) is 35.8 Å². The molecule has 0 atom stereocenters. The number of carbonyl (C=O) groups excluding carboxylic acids is 1. The Morgan fingerprint density at radius 3 is 2.67 bits per heavy atom. The van der Waals surface area contributed by atoms with Crippen molar-refractivity contribution in [2.24, 2.45) is 5.41 Å². The molecule has 0 aliphatic carbocycles. The van der Waals surface area contributed by atoms with Crippen LogP contribution in [0.4, 0.5) is 4.79 Å². The minimum absolute atomic E-state index is 0.0668. The Kier molecular flexibility index (Phi) is 7.06. The maximum atomic E-state index is 11.8. The molecule has 1 aromatic carbocycles. The van der Waals surface area contributed by atoms with Gasteiger partial charge in [-0.3, -0.25) is 4.90 Å². The summed E-state index contributed by atoms with van der Waals surface area (Å²) in [5.41, 5.74) is 2.79. The number of carbonyl (C=O) groups is 1. The van der Waals surface area contributed by atoms with E-state index < -0.39 is 0 Å². The largest absolute Gasteiger partial charge is 0.396 e. The first-order chi connectivity index (χ1) is 11.5. The molecule has 0 bridgehead atoms. The summed E-state index contributed by atoms with van der Waals surface area (Å²) >= 11 is 0. The molecule has 0 unspecified atom stereocenters. The third-order valence-corrected chi connectivity index (χ3v) is 4.67. The number of hydrogen-bond acceptors (Lipinski definition) is 3. The maximum absolute atomic E-state index is 11.8. The molecule has 3 N–H and O–H groups in total. The van der Waals surface area contributed by atoms with Gasteiger partial charge >= 0.3 is 6.03 Å². The second-order valence-electron chi connectivity index (χ2n) is 7.40. The molecule has 1 aliphatic rings. The highest BCUT2D eigenvalue weighted by molar-refractivity contribution is 5.73. The number of nitrogens with one attached hydrogen (secondary N) is 2. The average Bonchev–Trinajstić information content (AvgIpc) is 2.59. The van der Waals surface area contributed by atoms with Crippen LogP contribution < -0.4 is 10.6 Å². The number of urea groups is 1. The van der Waals surface area contributed by atoms with Gasteiger partial charge < -0.3 is 15.7 Å². The number of aliphatic hydroxyl groups is 1. The third kappa shape index (κ3) is 6.13. The monoisotopic (exact) mass is 333 g/mol. The Hall–Kier alpha value is -1.59. The summed E-state index contributed by atoms with van der Waals surface area (Å²) in [6.45, 7) is 8.44. The summed E-state index contributed by atoms with van der Waals surface area (Å²) in [5.74, 6) is 0. The van der Waals surface area contributed by atoms with E-state index in [1.165, 1.54) is 11.1 Å². The highest BCUT2D eigenvalue weighted by Gasteiger charge is 2.16. The van der Waals surface area contributed by atoms with Crippen LogP contribution >= 0.6 is 0 Å². The van der Waals surface area contributed by atoms with Crippen LogP contribution in [0.15, 0.2) is 24.3 Å². The summed E-state index contributed by atoms with van der Waals surface area (Å²) in [5, 5.41) is 15.0. The van der Waals surface area contributed by atoms with E-state index in [1.54, 1.807) is 0 Å². The fraction of sp³-hybridized carbons (Fsp3) is 0.632. The quantitative estimate of drug-likeness (QED) is 0.639. The van der Waals surface area contributed by atoms with Crippen LogP contribution in [0.3, 0.4) is 0 Å². The van der Waals surface area contributed by atoms with Crippen molar-refractivity contribution in [2.75, 3.05) is 32.8 Å². The fourth-order valence-electron chi connectivity index (χ4n) is 2.98. The lowest BCUT2D eigenvalue weighted by Gasteiger charge is -2.28. The predicted octanol–water partition coefficient (Wildman–Crippen LogP) is 2.14. The molecular weight excluding hydrogens is 302 g/mol. The number of fused-ring (bicyclic) bond motifs is 1. The highest BCUT2D eigenvalue weighted by Crippen LogP contribution is 2.20. The van der Waals surface area contributed by atoms with Gasteiger partial charge in [-0.2, -0.15) is 0 Å². The number of rotatable bonds is 8. The smallest absolute Gasteiger partial charge is 0.314 e. The van der Waals surface area contributed by atoms with Crippen molar-refractivity contribution in [2.45, 2.75) is 39.7 Å². The summed E-state index contributed by atoms with van der Waals surface area (Å²) < 4.78 is 0. The summed E-state index contributed by atoms with van der Waals surface area (Å²) in [6, 6.07) is 8.48. The van der Waals surface area contributed by atoms with Gasteiger partial charge in [0, 0.05) is 39.3 Å². The zero-order valence-corrected chi connectivity index (χ0v) is 15.0. The van der Waals surface area contributed by atoms with Crippen LogP contribution in [0, 0.1) is 5.41 Å². The molecular formula is C19H31N3O2. The maximum Gasteiger partial charge on any atom is 0.314 e. The van der Waals surface area contributed by atoms with Gasteiger partial charge in [-0.15, -0.1) is 0 Å². The molecule has 134 valence electrons. The third-order valence-electron chi connectivity index (χ3n) is 4.67. The minimum Gasteiger partial charge on any atom is -0.396 e. The molecule has 0 radical (unpaired) electrons. The number of nitrogens with zero attached hydrogens (tertiary/aromatic N) is 1. The standard InChI is InChI=1S/C19H31N3O2/c1-19(2,15-23)9-5-10-20-18(24)21-11-13-22-12-8-16-6-3-4-7-17(16)14-22/h3-4,6-7,23H,5,8-15H2,1-2H3,(H2,20,21,24). The molecule has 0 fully saturated rings. The summed E-state index contributed by atoms with van der Waals surface area (Å²) in [4.78, 5) is 14.2. The normalized spacial score (nSPS) is 15.0. The molecule has 5 heteroatoms. The molecule has 0 spiro atoms. The molecule has 1 aliphatic heterocycles.